The SMILES string of the molecule is COc1ccccc1C(C)N1CC(N)C1. The first-order valence-corrected chi connectivity index (χ1v) is 5.35. The maximum Gasteiger partial charge on any atom is 0.123 e. The average Bonchev–Trinajstić information content (AvgIpc) is 2.24. The highest BCUT2D eigenvalue weighted by Gasteiger charge is 2.29. The normalized spacial score (nSPS) is 19.7. The van der Waals surface area contributed by atoms with Crippen molar-refractivity contribution in [3.8, 4) is 5.75 Å². The molecule has 2 N–H and O–H groups in total. The van der Waals surface area contributed by atoms with E-state index < -0.39 is 0 Å². The number of nitrogens with zero attached hydrogens (tertiary/aromatic N) is 1. The number of ether oxygens (including phenoxy) is 1. The molecule has 0 aromatic heterocycles. The molecule has 0 aliphatic carbocycles. The molecule has 1 aromatic carbocycles. The summed E-state index contributed by atoms with van der Waals surface area (Å²) in [6.45, 7) is 4.17. The number of benzene rings is 1. The number of nitrogens with two attached hydrogens (primary N) is 1. The van der Waals surface area contributed by atoms with E-state index in [1.165, 1.54) is 5.56 Å². The summed E-state index contributed by atoms with van der Waals surface area (Å²) in [5.41, 5.74) is 7.02. The van der Waals surface area contributed by atoms with E-state index in [0.29, 0.717) is 12.1 Å². The van der Waals surface area contributed by atoms with Crippen molar-refractivity contribution in [2.75, 3.05) is 20.2 Å². The summed E-state index contributed by atoms with van der Waals surface area (Å²) in [6, 6.07) is 8.91. The second-order valence-electron chi connectivity index (χ2n) is 4.13. The Morgan fingerprint density at radius 2 is 2.07 bits per heavy atom. The Bertz CT molecular complexity index is 334. The van der Waals surface area contributed by atoms with Gasteiger partial charge in [-0.1, -0.05) is 18.2 Å². The van der Waals surface area contributed by atoms with Crippen LogP contribution in [0.3, 0.4) is 0 Å². The van der Waals surface area contributed by atoms with Crippen molar-refractivity contribution in [2.24, 2.45) is 5.73 Å². The van der Waals surface area contributed by atoms with E-state index in [1.54, 1.807) is 7.11 Å². The summed E-state index contributed by atoms with van der Waals surface area (Å²) in [6.07, 6.45) is 0. The molecule has 1 aromatic rings. The number of para-hydroxylation sites is 1. The maximum absolute atomic E-state index is 5.78. The fourth-order valence-corrected chi connectivity index (χ4v) is 2.07. The quantitative estimate of drug-likeness (QED) is 0.812. The van der Waals surface area contributed by atoms with E-state index in [-0.39, 0.29) is 0 Å². The minimum absolute atomic E-state index is 0.349. The average molecular weight is 206 g/mol. The number of hydrogen-bond acceptors (Lipinski definition) is 3. The topological polar surface area (TPSA) is 38.5 Å². The molecule has 15 heavy (non-hydrogen) atoms. The summed E-state index contributed by atoms with van der Waals surface area (Å²) in [7, 11) is 1.72. The largest absolute Gasteiger partial charge is 0.496 e. The van der Waals surface area contributed by atoms with E-state index in [9.17, 15) is 0 Å². The number of likely N-dealkylation sites (tertiary alicyclic amines) is 1. The third kappa shape index (κ3) is 1.98. The van der Waals surface area contributed by atoms with Crippen molar-refractivity contribution in [1.29, 1.82) is 0 Å². The van der Waals surface area contributed by atoms with Crippen molar-refractivity contribution in [2.45, 2.75) is 19.0 Å². The molecular formula is C12H18N2O. The summed E-state index contributed by atoms with van der Waals surface area (Å²) in [4.78, 5) is 2.36. The van der Waals surface area contributed by atoms with E-state index in [2.05, 4.69) is 17.9 Å². The van der Waals surface area contributed by atoms with Crippen molar-refractivity contribution in [3.05, 3.63) is 29.8 Å². The molecule has 0 spiro atoms. The molecule has 0 amide bonds. The molecule has 3 heteroatoms. The first kappa shape index (κ1) is 10.5. The summed E-state index contributed by atoms with van der Waals surface area (Å²) in [5.74, 6) is 0.963. The van der Waals surface area contributed by atoms with Crippen LogP contribution in [-0.2, 0) is 0 Å². The van der Waals surface area contributed by atoms with Gasteiger partial charge in [0.1, 0.15) is 5.75 Å². The lowest BCUT2D eigenvalue weighted by Crippen LogP contribution is -2.56. The predicted octanol–water partition coefficient (Wildman–Crippen LogP) is 1.40. The van der Waals surface area contributed by atoms with Crippen LogP contribution < -0.4 is 10.5 Å². The minimum atomic E-state index is 0.349. The van der Waals surface area contributed by atoms with E-state index in [1.807, 2.05) is 18.2 Å². The van der Waals surface area contributed by atoms with E-state index in [0.717, 1.165) is 18.8 Å². The summed E-state index contributed by atoms with van der Waals surface area (Å²) in [5, 5.41) is 0. The lowest BCUT2D eigenvalue weighted by atomic mass is 10.0. The highest BCUT2D eigenvalue weighted by Crippen LogP contribution is 2.31. The molecule has 0 saturated carbocycles. The van der Waals surface area contributed by atoms with Crippen LogP contribution in [0.5, 0.6) is 5.75 Å². The zero-order valence-corrected chi connectivity index (χ0v) is 9.31. The molecule has 82 valence electrons. The molecular weight excluding hydrogens is 188 g/mol. The first-order chi connectivity index (χ1) is 7.22. The molecule has 2 rings (SSSR count). The predicted molar refractivity (Wildman–Crippen MR) is 61.0 cm³/mol. The van der Waals surface area contributed by atoms with Gasteiger partial charge in [0.15, 0.2) is 0 Å². The second-order valence-corrected chi connectivity index (χ2v) is 4.13. The van der Waals surface area contributed by atoms with Gasteiger partial charge >= 0.3 is 0 Å². The van der Waals surface area contributed by atoms with Gasteiger partial charge in [0.2, 0.25) is 0 Å². The van der Waals surface area contributed by atoms with Gasteiger partial charge in [0.05, 0.1) is 7.11 Å². The van der Waals surface area contributed by atoms with Crippen LogP contribution in [0.15, 0.2) is 24.3 Å². The van der Waals surface area contributed by atoms with Gasteiger partial charge in [-0.25, -0.2) is 0 Å². The van der Waals surface area contributed by atoms with Crippen LogP contribution in [-0.4, -0.2) is 31.1 Å². The van der Waals surface area contributed by atoms with Gasteiger partial charge in [-0.2, -0.15) is 0 Å². The summed E-state index contributed by atoms with van der Waals surface area (Å²) < 4.78 is 5.35. The number of rotatable bonds is 3. The van der Waals surface area contributed by atoms with Crippen molar-refractivity contribution >= 4 is 0 Å². The Balaban J connectivity index is 2.14. The molecule has 1 aliphatic heterocycles. The van der Waals surface area contributed by atoms with Gasteiger partial charge in [-0.15, -0.1) is 0 Å². The molecule has 0 bridgehead atoms. The highest BCUT2D eigenvalue weighted by molar-refractivity contribution is 5.35. The minimum Gasteiger partial charge on any atom is -0.496 e. The highest BCUT2D eigenvalue weighted by atomic mass is 16.5. The lowest BCUT2D eigenvalue weighted by Gasteiger charge is -2.41. The Morgan fingerprint density at radius 1 is 1.40 bits per heavy atom. The smallest absolute Gasteiger partial charge is 0.123 e. The molecule has 1 heterocycles. The van der Waals surface area contributed by atoms with Gasteiger partial charge in [0, 0.05) is 30.7 Å². The van der Waals surface area contributed by atoms with Gasteiger partial charge < -0.3 is 10.5 Å². The van der Waals surface area contributed by atoms with Crippen molar-refractivity contribution in [1.82, 2.24) is 4.90 Å². The van der Waals surface area contributed by atoms with Crippen LogP contribution in [0.25, 0.3) is 0 Å². The molecule has 0 radical (unpaired) electrons. The standard InChI is InChI=1S/C12H18N2O/c1-9(14-7-10(13)8-14)11-5-3-4-6-12(11)15-2/h3-6,9-10H,7-8,13H2,1-2H3. The lowest BCUT2D eigenvalue weighted by molar-refractivity contribution is 0.102. The van der Waals surface area contributed by atoms with E-state index >= 15 is 0 Å². The molecule has 3 nitrogen and oxygen atoms in total. The van der Waals surface area contributed by atoms with Crippen LogP contribution in [0.1, 0.15) is 18.5 Å². The molecule has 1 saturated heterocycles. The molecule has 1 fully saturated rings. The van der Waals surface area contributed by atoms with Crippen LogP contribution in [0, 0.1) is 0 Å². The number of hydrogen-bond donors (Lipinski definition) is 1. The Labute approximate surface area is 90.8 Å². The summed E-state index contributed by atoms with van der Waals surface area (Å²) >= 11 is 0. The van der Waals surface area contributed by atoms with Crippen LogP contribution in [0.2, 0.25) is 0 Å². The fraction of sp³-hybridized carbons (Fsp3) is 0.500. The third-order valence-corrected chi connectivity index (χ3v) is 3.07. The molecule has 1 aliphatic rings. The second kappa shape index (κ2) is 4.21. The Kier molecular flexibility index (Phi) is 2.93. The zero-order chi connectivity index (χ0) is 10.8. The molecule has 1 atom stereocenters. The Morgan fingerprint density at radius 3 is 2.67 bits per heavy atom. The monoisotopic (exact) mass is 206 g/mol. The fourth-order valence-electron chi connectivity index (χ4n) is 2.07. The zero-order valence-electron chi connectivity index (χ0n) is 9.31. The van der Waals surface area contributed by atoms with Crippen molar-refractivity contribution in [3.63, 3.8) is 0 Å². The maximum atomic E-state index is 5.78. The van der Waals surface area contributed by atoms with Crippen molar-refractivity contribution < 1.29 is 4.74 Å². The number of methoxy groups -OCH3 is 1. The van der Waals surface area contributed by atoms with Gasteiger partial charge in [-0.05, 0) is 13.0 Å². The Hall–Kier alpha value is -1.06. The van der Waals surface area contributed by atoms with E-state index in [4.69, 9.17) is 10.5 Å². The van der Waals surface area contributed by atoms with Crippen LogP contribution >= 0.6 is 0 Å². The van der Waals surface area contributed by atoms with Gasteiger partial charge in [0.25, 0.3) is 0 Å². The third-order valence-electron chi connectivity index (χ3n) is 3.07. The first-order valence-electron chi connectivity index (χ1n) is 5.35. The van der Waals surface area contributed by atoms with Crippen LogP contribution in [0.4, 0.5) is 0 Å². The molecule has 1 unspecified atom stereocenters. The van der Waals surface area contributed by atoms with Gasteiger partial charge in [-0.3, -0.25) is 4.90 Å².